The predicted octanol–water partition coefficient (Wildman–Crippen LogP) is 6.49. The van der Waals surface area contributed by atoms with Gasteiger partial charge >= 0.3 is 0 Å². The number of nitrogens with zero attached hydrogens (tertiary/aromatic N) is 1. The number of nitrogens with one attached hydrogen (secondary N) is 1. The van der Waals surface area contributed by atoms with Crippen LogP contribution in [0.3, 0.4) is 0 Å². The summed E-state index contributed by atoms with van der Waals surface area (Å²) in [6, 6.07) is 13.1. The van der Waals surface area contributed by atoms with Crippen molar-refractivity contribution in [3.8, 4) is 16.9 Å². The Kier molecular flexibility index (Phi) is 5.82. The molecular formula is C24H21ClN2O4. The molecule has 0 spiro atoms. The molecule has 7 heteroatoms. The van der Waals surface area contributed by atoms with E-state index in [0.717, 1.165) is 27.6 Å². The van der Waals surface area contributed by atoms with Crippen molar-refractivity contribution in [1.29, 1.82) is 0 Å². The second-order valence-corrected chi connectivity index (χ2v) is 7.51. The van der Waals surface area contributed by atoms with Crippen LogP contribution >= 0.6 is 11.6 Å². The third-order valence-corrected chi connectivity index (χ3v) is 5.03. The number of ether oxygens (including phenoxy) is 1. The number of aryl methyl sites for hydroxylation is 1. The van der Waals surface area contributed by atoms with Crippen LogP contribution in [0.5, 0.6) is 5.75 Å². The second kappa shape index (κ2) is 8.70. The summed E-state index contributed by atoms with van der Waals surface area (Å²) in [6.45, 7) is 6.02. The second-order valence-electron chi connectivity index (χ2n) is 7.07. The lowest BCUT2D eigenvalue weighted by Gasteiger charge is -2.11. The van der Waals surface area contributed by atoms with E-state index in [0.29, 0.717) is 34.5 Å². The lowest BCUT2D eigenvalue weighted by molar-refractivity contribution is -0.111. The van der Waals surface area contributed by atoms with E-state index in [-0.39, 0.29) is 5.91 Å². The first-order valence-corrected chi connectivity index (χ1v) is 10.2. The molecule has 1 amide bonds. The number of fused-ring (bicyclic) bond motifs is 1. The van der Waals surface area contributed by atoms with Gasteiger partial charge in [-0.05, 0) is 50.1 Å². The molecule has 0 fully saturated rings. The predicted molar refractivity (Wildman–Crippen MR) is 121 cm³/mol. The van der Waals surface area contributed by atoms with Gasteiger partial charge in [-0.3, -0.25) is 4.79 Å². The van der Waals surface area contributed by atoms with Crippen molar-refractivity contribution in [2.45, 2.75) is 20.8 Å². The van der Waals surface area contributed by atoms with Crippen molar-refractivity contribution >= 4 is 39.9 Å². The zero-order valence-electron chi connectivity index (χ0n) is 17.4. The maximum atomic E-state index is 12.5. The van der Waals surface area contributed by atoms with Gasteiger partial charge in [-0.2, -0.15) is 0 Å². The number of rotatable bonds is 6. The molecule has 0 saturated heterocycles. The highest BCUT2D eigenvalue weighted by Crippen LogP contribution is 2.37. The molecule has 31 heavy (non-hydrogen) atoms. The average Bonchev–Trinajstić information content (AvgIpc) is 3.33. The van der Waals surface area contributed by atoms with E-state index in [1.807, 2.05) is 50.2 Å². The van der Waals surface area contributed by atoms with Crippen LogP contribution in [0.15, 0.2) is 63.7 Å². The van der Waals surface area contributed by atoms with Crippen LogP contribution in [-0.4, -0.2) is 17.7 Å². The Bertz CT molecular complexity index is 1270. The van der Waals surface area contributed by atoms with Crippen molar-refractivity contribution in [3.63, 3.8) is 0 Å². The minimum absolute atomic E-state index is 0.307. The molecular weight excluding hydrogens is 416 g/mol. The number of benzene rings is 2. The molecule has 0 saturated carbocycles. The number of anilines is 1. The molecule has 0 aliphatic heterocycles. The van der Waals surface area contributed by atoms with Crippen molar-refractivity contribution in [2.24, 2.45) is 0 Å². The van der Waals surface area contributed by atoms with Gasteiger partial charge in [-0.15, -0.1) is 0 Å². The van der Waals surface area contributed by atoms with Gasteiger partial charge in [0.15, 0.2) is 5.82 Å². The summed E-state index contributed by atoms with van der Waals surface area (Å²) in [4.78, 5) is 12.5. The first-order valence-electron chi connectivity index (χ1n) is 9.81. The Labute approximate surface area is 184 Å². The SMILES string of the molecule is CCOc1cc2occ(-c3ccc(Cl)cc3)c2cc1/C(C)=C/C(=O)Nc1cc(C)on1. The largest absolute Gasteiger partial charge is 0.493 e. The van der Waals surface area contributed by atoms with Crippen molar-refractivity contribution < 1.29 is 18.5 Å². The van der Waals surface area contributed by atoms with Gasteiger partial charge in [0.05, 0.1) is 12.9 Å². The zero-order chi connectivity index (χ0) is 22.0. The normalized spacial score (nSPS) is 11.7. The number of carbonyl (C=O) groups excluding carboxylic acids is 1. The van der Waals surface area contributed by atoms with E-state index in [1.165, 1.54) is 6.08 Å². The maximum absolute atomic E-state index is 12.5. The number of halogens is 1. The standard InChI is InChI=1S/C24H21ClN2O4/c1-4-29-21-12-22-19(20(13-30-22)16-5-7-17(25)8-6-16)11-18(21)14(2)9-24(28)26-23-10-15(3)31-27-23/h5-13H,4H2,1-3H3,(H,26,27,28)/b14-9+. The van der Waals surface area contributed by atoms with E-state index in [2.05, 4.69) is 10.5 Å². The highest BCUT2D eigenvalue weighted by atomic mass is 35.5. The average molecular weight is 437 g/mol. The molecule has 1 N–H and O–H groups in total. The number of hydrogen-bond donors (Lipinski definition) is 1. The quantitative estimate of drug-likeness (QED) is 0.349. The lowest BCUT2D eigenvalue weighted by Crippen LogP contribution is -2.09. The molecule has 0 atom stereocenters. The Balaban J connectivity index is 1.73. The van der Waals surface area contributed by atoms with Gasteiger partial charge < -0.3 is 19.0 Å². The topological polar surface area (TPSA) is 77.5 Å². The minimum Gasteiger partial charge on any atom is -0.493 e. The molecule has 0 aliphatic rings. The van der Waals surface area contributed by atoms with Crippen molar-refractivity contribution in [2.75, 3.05) is 11.9 Å². The van der Waals surface area contributed by atoms with Gasteiger partial charge in [0.1, 0.15) is 17.1 Å². The summed E-state index contributed by atoms with van der Waals surface area (Å²) in [7, 11) is 0. The first kappa shape index (κ1) is 20.8. The maximum Gasteiger partial charge on any atom is 0.249 e. The Morgan fingerprint density at radius 2 is 2.00 bits per heavy atom. The third-order valence-electron chi connectivity index (χ3n) is 4.78. The van der Waals surface area contributed by atoms with Crippen LogP contribution in [0.4, 0.5) is 5.82 Å². The molecule has 4 aromatic rings. The summed E-state index contributed by atoms with van der Waals surface area (Å²) in [6.07, 6.45) is 3.22. The van der Waals surface area contributed by atoms with E-state index in [1.54, 1.807) is 19.3 Å². The summed E-state index contributed by atoms with van der Waals surface area (Å²) in [5, 5.41) is 8.07. The van der Waals surface area contributed by atoms with E-state index >= 15 is 0 Å². The summed E-state index contributed by atoms with van der Waals surface area (Å²) >= 11 is 6.03. The fourth-order valence-corrected chi connectivity index (χ4v) is 3.48. The highest BCUT2D eigenvalue weighted by Gasteiger charge is 2.15. The van der Waals surface area contributed by atoms with Gasteiger partial charge in [0.2, 0.25) is 5.91 Å². The van der Waals surface area contributed by atoms with Crippen LogP contribution in [0.25, 0.3) is 27.7 Å². The number of aromatic nitrogens is 1. The van der Waals surface area contributed by atoms with Crippen LogP contribution in [0, 0.1) is 6.92 Å². The summed E-state index contributed by atoms with van der Waals surface area (Å²) < 4.78 is 16.6. The molecule has 0 radical (unpaired) electrons. The number of furan rings is 1. The minimum atomic E-state index is -0.307. The van der Waals surface area contributed by atoms with Gasteiger partial charge in [-0.25, -0.2) is 0 Å². The Morgan fingerprint density at radius 1 is 1.23 bits per heavy atom. The monoisotopic (exact) mass is 436 g/mol. The van der Waals surface area contributed by atoms with Gasteiger partial charge in [0.25, 0.3) is 0 Å². The van der Waals surface area contributed by atoms with Crippen LogP contribution in [0.2, 0.25) is 5.02 Å². The molecule has 2 aromatic heterocycles. The number of allylic oxidation sites excluding steroid dienone is 1. The zero-order valence-corrected chi connectivity index (χ0v) is 18.1. The molecule has 158 valence electrons. The number of carbonyl (C=O) groups is 1. The fourth-order valence-electron chi connectivity index (χ4n) is 3.35. The Morgan fingerprint density at radius 3 is 2.68 bits per heavy atom. The molecule has 2 heterocycles. The van der Waals surface area contributed by atoms with E-state index in [4.69, 9.17) is 25.3 Å². The third kappa shape index (κ3) is 4.49. The van der Waals surface area contributed by atoms with Gasteiger partial charge in [0, 0.05) is 39.7 Å². The molecule has 2 aromatic carbocycles. The fraction of sp³-hybridized carbons (Fsp3) is 0.167. The van der Waals surface area contributed by atoms with Crippen molar-refractivity contribution in [1.82, 2.24) is 5.16 Å². The van der Waals surface area contributed by atoms with E-state index < -0.39 is 0 Å². The smallest absolute Gasteiger partial charge is 0.249 e. The van der Waals surface area contributed by atoms with Crippen LogP contribution in [0.1, 0.15) is 25.2 Å². The molecule has 6 nitrogen and oxygen atoms in total. The lowest BCUT2D eigenvalue weighted by atomic mass is 9.99. The molecule has 0 aliphatic carbocycles. The van der Waals surface area contributed by atoms with Crippen LogP contribution < -0.4 is 10.1 Å². The van der Waals surface area contributed by atoms with Crippen LogP contribution in [-0.2, 0) is 4.79 Å². The van der Waals surface area contributed by atoms with Crippen molar-refractivity contribution in [3.05, 3.63) is 71.2 Å². The Hall–Kier alpha value is -3.51. The summed E-state index contributed by atoms with van der Waals surface area (Å²) in [5.41, 5.74) is 4.17. The van der Waals surface area contributed by atoms with Gasteiger partial charge in [-0.1, -0.05) is 28.9 Å². The highest BCUT2D eigenvalue weighted by molar-refractivity contribution is 6.30. The summed E-state index contributed by atoms with van der Waals surface area (Å²) in [5.74, 6) is 1.32. The molecule has 4 rings (SSSR count). The first-order chi connectivity index (χ1) is 14.9. The molecule has 0 bridgehead atoms. The number of amides is 1. The van der Waals surface area contributed by atoms with E-state index in [9.17, 15) is 4.79 Å². The number of hydrogen-bond acceptors (Lipinski definition) is 5. The molecule has 0 unspecified atom stereocenters.